The molecule has 0 saturated carbocycles. The largest absolute Gasteiger partial charge is 0.315 e. The van der Waals surface area contributed by atoms with E-state index in [0.29, 0.717) is 6.04 Å². The summed E-state index contributed by atoms with van der Waals surface area (Å²) < 4.78 is 1.18. The number of halogens is 1. The predicted molar refractivity (Wildman–Crippen MR) is 71.9 cm³/mol. The van der Waals surface area contributed by atoms with Gasteiger partial charge in [0.2, 0.25) is 0 Å². The zero-order valence-corrected chi connectivity index (χ0v) is 11.3. The Bertz CT molecular complexity index is 346. The molecule has 3 heteroatoms. The van der Waals surface area contributed by atoms with Gasteiger partial charge >= 0.3 is 0 Å². The summed E-state index contributed by atoms with van der Waals surface area (Å²) in [5, 5.41) is 6.97. The third kappa shape index (κ3) is 3.30. The number of nitrogens with one attached hydrogen (secondary N) is 2. The van der Waals surface area contributed by atoms with E-state index >= 15 is 0 Å². The lowest BCUT2D eigenvalue weighted by Crippen LogP contribution is -2.32. The Labute approximate surface area is 106 Å². The highest BCUT2D eigenvalue weighted by Crippen LogP contribution is 2.16. The molecule has 0 bridgehead atoms. The maximum atomic E-state index is 3.60. The lowest BCUT2D eigenvalue weighted by molar-refractivity contribution is 0.550. The maximum Gasteiger partial charge on any atom is 0.0204 e. The van der Waals surface area contributed by atoms with Gasteiger partial charge in [0.05, 0.1) is 0 Å². The lowest BCUT2D eigenvalue weighted by atomic mass is 10.1. The van der Waals surface area contributed by atoms with Crippen molar-refractivity contribution in [2.75, 3.05) is 19.6 Å². The first-order valence-corrected chi connectivity index (χ1v) is 6.74. The predicted octanol–water partition coefficient (Wildman–Crippen LogP) is 2.25. The van der Waals surface area contributed by atoms with Gasteiger partial charge in [-0.15, -0.1) is 0 Å². The fourth-order valence-electron chi connectivity index (χ4n) is 2.15. The summed E-state index contributed by atoms with van der Waals surface area (Å²) in [5.41, 5.74) is 2.82. The SMILES string of the molecule is Cc1ccc(Br)cc1CCNC1CCNC1. The molecule has 1 aromatic carbocycles. The molecule has 0 amide bonds. The summed E-state index contributed by atoms with van der Waals surface area (Å²) in [6.07, 6.45) is 2.37. The van der Waals surface area contributed by atoms with Crippen molar-refractivity contribution in [3.63, 3.8) is 0 Å². The third-order valence-electron chi connectivity index (χ3n) is 3.20. The van der Waals surface area contributed by atoms with Gasteiger partial charge in [0.25, 0.3) is 0 Å². The summed E-state index contributed by atoms with van der Waals surface area (Å²) in [6, 6.07) is 7.18. The van der Waals surface area contributed by atoms with Crippen LogP contribution < -0.4 is 10.6 Å². The van der Waals surface area contributed by atoms with E-state index in [4.69, 9.17) is 0 Å². The minimum absolute atomic E-state index is 0.674. The van der Waals surface area contributed by atoms with Crippen molar-refractivity contribution in [3.8, 4) is 0 Å². The molecule has 2 nitrogen and oxygen atoms in total. The Morgan fingerprint density at radius 2 is 2.38 bits per heavy atom. The Hall–Kier alpha value is -0.380. The minimum Gasteiger partial charge on any atom is -0.315 e. The monoisotopic (exact) mass is 282 g/mol. The lowest BCUT2D eigenvalue weighted by Gasteiger charge is -2.12. The second kappa shape index (κ2) is 5.80. The van der Waals surface area contributed by atoms with E-state index in [-0.39, 0.29) is 0 Å². The van der Waals surface area contributed by atoms with Crippen LogP contribution in [0.4, 0.5) is 0 Å². The Kier molecular flexibility index (Phi) is 4.38. The van der Waals surface area contributed by atoms with Crippen LogP contribution in [0.3, 0.4) is 0 Å². The van der Waals surface area contributed by atoms with Crippen LogP contribution in [-0.2, 0) is 6.42 Å². The van der Waals surface area contributed by atoms with Gasteiger partial charge in [-0.05, 0) is 56.1 Å². The number of aryl methyl sites for hydroxylation is 1. The van der Waals surface area contributed by atoms with Crippen LogP contribution in [0, 0.1) is 6.92 Å². The Balaban J connectivity index is 1.82. The smallest absolute Gasteiger partial charge is 0.0204 e. The van der Waals surface area contributed by atoms with Crippen molar-refractivity contribution >= 4 is 15.9 Å². The summed E-state index contributed by atoms with van der Waals surface area (Å²) in [6.45, 7) is 5.54. The first kappa shape index (κ1) is 12.1. The molecule has 0 aromatic heterocycles. The molecule has 1 fully saturated rings. The molecule has 2 rings (SSSR count). The second-order valence-electron chi connectivity index (χ2n) is 4.46. The normalized spacial score (nSPS) is 20.2. The van der Waals surface area contributed by atoms with Crippen LogP contribution in [0.2, 0.25) is 0 Å². The van der Waals surface area contributed by atoms with Gasteiger partial charge in [-0.25, -0.2) is 0 Å². The standard InChI is InChI=1S/C13H19BrN2/c1-10-2-3-12(14)8-11(10)4-7-16-13-5-6-15-9-13/h2-3,8,13,15-16H,4-7,9H2,1H3. The molecule has 16 heavy (non-hydrogen) atoms. The fraction of sp³-hybridized carbons (Fsp3) is 0.538. The zero-order chi connectivity index (χ0) is 11.4. The quantitative estimate of drug-likeness (QED) is 0.885. The van der Waals surface area contributed by atoms with Crippen molar-refractivity contribution in [1.82, 2.24) is 10.6 Å². The van der Waals surface area contributed by atoms with Crippen molar-refractivity contribution in [3.05, 3.63) is 33.8 Å². The molecule has 2 N–H and O–H groups in total. The number of rotatable bonds is 4. The van der Waals surface area contributed by atoms with Crippen molar-refractivity contribution in [2.24, 2.45) is 0 Å². The van der Waals surface area contributed by atoms with Crippen LogP contribution in [0.25, 0.3) is 0 Å². The number of hydrogen-bond acceptors (Lipinski definition) is 2. The molecule has 0 aliphatic carbocycles. The van der Waals surface area contributed by atoms with Gasteiger partial charge in [-0.2, -0.15) is 0 Å². The third-order valence-corrected chi connectivity index (χ3v) is 3.69. The van der Waals surface area contributed by atoms with Gasteiger partial charge in [-0.1, -0.05) is 22.0 Å². The molecule has 1 heterocycles. The van der Waals surface area contributed by atoms with Crippen molar-refractivity contribution in [2.45, 2.75) is 25.8 Å². The second-order valence-corrected chi connectivity index (χ2v) is 5.38. The number of hydrogen-bond donors (Lipinski definition) is 2. The topological polar surface area (TPSA) is 24.1 Å². The molecular formula is C13H19BrN2. The Morgan fingerprint density at radius 1 is 1.50 bits per heavy atom. The van der Waals surface area contributed by atoms with E-state index in [1.807, 2.05) is 0 Å². The van der Waals surface area contributed by atoms with E-state index in [9.17, 15) is 0 Å². The fourth-order valence-corrected chi connectivity index (χ4v) is 2.56. The molecule has 1 aromatic rings. The van der Waals surface area contributed by atoms with Crippen LogP contribution in [-0.4, -0.2) is 25.7 Å². The zero-order valence-electron chi connectivity index (χ0n) is 9.72. The molecule has 88 valence electrons. The van der Waals surface area contributed by atoms with Crippen LogP contribution >= 0.6 is 15.9 Å². The highest BCUT2D eigenvalue weighted by Gasteiger charge is 2.12. The van der Waals surface area contributed by atoms with Gasteiger partial charge in [0, 0.05) is 17.1 Å². The van der Waals surface area contributed by atoms with Gasteiger partial charge in [0.1, 0.15) is 0 Å². The molecule has 1 aliphatic heterocycles. The van der Waals surface area contributed by atoms with Crippen molar-refractivity contribution < 1.29 is 0 Å². The molecule has 1 saturated heterocycles. The van der Waals surface area contributed by atoms with E-state index in [1.165, 1.54) is 22.0 Å². The average Bonchev–Trinajstić information content (AvgIpc) is 2.76. The minimum atomic E-state index is 0.674. The van der Waals surface area contributed by atoms with Gasteiger partial charge in [0.15, 0.2) is 0 Å². The molecule has 1 unspecified atom stereocenters. The van der Waals surface area contributed by atoms with Crippen LogP contribution in [0.1, 0.15) is 17.5 Å². The first-order chi connectivity index (χ1) is 7.75. The van der Waals surface area contributed by atoms with E-state index in [2.05, 4.69) is 51.7 Å². The van der Waals surface area contributed by atoms with Crippen LogP contribution in [0.15, 0.2) is 22.7 Å². The summed E-state index contributed by atoms with van der Waals surface area (Å²) in [5.74, 6) is 0. The summed E-state index contributed by atoms with van der Waals surface area (Å²) in [7, 11) is 0. The van der Waals surface area contributed by atoms with Crippen LogP contribution in [0.5, 0.6) is 0 Å². The first-order valence-electron chi connectivity index (χ1n) is 5.95. The highest BCUT2D eigenvalue weighted by molar-refractivity contribution is 9.10. The molecule has 0 radical (unpaired) electrons. The number of benzene rings is 1. The Morgan fingerprint density at radius 3 is 3.12 bits per heavy atom. The maximum absolute atomic E-state index is 3.60. The molecule has 1 aliphatic rings. The summed E-state index contributed by atoms with van der Waals surface area (Å²) in [4.78, 5) is 0. The molecule has 1 atom stereocenters. The van der Waals surface area contributed by atoms with E-state index in [0.717, 1.165) is 26.1 Å². The van der Waals surface area contributed by atoms with E-state index in [1.54, 1.807) is 0 Å². The molecule has 0 spiro atoms. The van der Waals surface area contributed by atoms with Crippen molar-refractivity contribution in [1.29, 1.82) is 0 Å². The molecular weight excluding hydrogens is 264 g/mol. The van der Waals surface area contributed by atoms with Gasteiger partial charge in [-0.3, -0.25) is 0 Å². The van der Waals surface area contributed by atoms with E-state index < -0.39 is 0 Å². The average molecular weight is 283 g/mol. The highest BCUT2D eigenvalue weighted by atomic mass is 79.9. The van der Waals surface area contributed by atoms with Gasteiger partial charge < -0.3 is 10.6 Å². The summed E-state index contributed by atoms with van der Waals surface area (Å²) >= 11 is 3.52.